The molecule has 32 heavy (non-hydrogen) atoms. The Labute approximate surface area is 186 Å². The van der Waals surface area contributed by atoms with Crippen LogP contribution in [0, 0.1) is 6.57 Å². The lowest BCUT2D eigenvalue weighted by Crippen LogP contribution is -2.41. The first-order valence-electron chi connectivity index (χ1n) is 10.3. The van der Waals surface area contributed by atoms with E-state index in [2.05, 4.69) is 22.3 Å². The summed E-state index contributed by atoms with van der Waals surface area (Å²) in [5.74, 6) is -0.557. The van der Waals surface area contributed by atoms with Crippen LogP contribution in [0.15, 0.2) is 78.9 Å². The maximum atomic E-state index is 12.4. The number of carbonyl (C=O) groups is 2. The molecule has 0 saturated heterocycles. The van der Waals surface area contributed by atoms with E-state index in [9.17, 15) is 9.59 Å². The van der Waals surface area contributed by atoms with Gasteiger partial charge in [-0.1, -0.05) is 66.7 Å². The highest BCUT2D eigenvalue weighted by Gasteiger charge is 2.29. The number of ether oxygens (including phenoxy) is 2. The summed E-state index contributed by atoms with van der Waals surface area (Å²) in [5, 5.41) is 2.64. The molecule has 0 bridgehead atoms. The molecule has 0 aliphatic heterocycles. The Hall–Kier alpha value is -4.11. The summed E-state index contributed by atoms with van der Waals surface area (Å²) in [5.41, 5.74) is 4.95. The summed E-state index contributed by atoms with van der Waals surface area (Å²) in [6.07, 6.45) is -0.642. The Balaban J connectivity index is 1.35. The van der Waals surface area contributed by atoms with Crippen LogP contribution < -0.4 is 5.32 Å². The Morgan fingerprint density at radius 2 is 1.47 bits per heavy atom. The van der Waals surface area contributed by atoms with E-state index in [1.807, 2.05) is 36.4 Å². The Morgan fingerprint density at radius 3 is 2.09 bits per heavy atom. The van der Waals surface area contributed by atoms with Gasteiger partial charge in [0.05, 0.1) is 5.56 Å². The van der Waals surface area contributed by atoms with Gasteiger partial charge in [0.25, 0.3) is 0 Å². The molecule has 1 aliphatic carbocycles. The van der Waals surface area contributed by atoms with E-state index in [4.69, 9.17) is 16.0 Å². The quantitative estimate of drug-likeness (QED) is 0.440. The van der Waals surface area contributed by atoms with Crippen molar-refractivity contribution in [3.63, 3.8) is 0 Å². The van der Waals surface area contributed by atoms with Crippen LogP contribution in [0.4, 0.5) is 4.79 Å². The van der Waals surface area contributed by atoms with Gasteiger partial charge in [0.15, 0.2) is 0 Å². The summed E-state index contributed by atoms with van der Waals surface area (Å²) in [6.45, 7) is 7.16. The maximum absolute atomic E-state index is 12.4. The molecule has 0 radical (unpaired) electrons. The zero-order valence-electron chi connectivity index (χ0n) is 17.4. The lowest BCUT2D eigenvalue weighted by molar-refractivity contribution is 0.0464. The average molecular weight is 426 g/mol. The van der Waals surface area contributed by atoms with E-state index in [-0.39, 0.29) is 25.7 Å². The average Bonchev–Trinajstić information content (AvgIpc) is 3.15. The second-order valence-electron chi connectivity index (χ2n) is 7.47. The summed E-state index contributed by atoms with van der Waals surface area (Å²) >= 11 is 0. The van der Waals surface area contributed by atoms with Crippen LogP contribution >= 0.6 is 0 Å². The minimum absolute atomic E-state index is 0.0216. The molecule has 6 nitrogen and oxygen atoms in total. The van der Waals surface area contributed by atoms with Crippen molar-refractivity contribution in [2.45, 2.75) is 12.0 Å². The van der Waals surface area contributed by atoms with Crippen LogP contribution in [-0.4, -0.2) is 37.9 Å². The molecule has 0 spiro atoms. The minimum Gasteiger partial charge on any atom is -0.460 e. The lowest BCUT2D eigenvalue weighted by atomic mass is 9.98. The topological polar surface area (TPSA) is 69.0 Å². The number of esters is 1. The first-order valence-corrected chi connectivity index (χ1v) is 10.3. The summed E-state index contributed by atoms with van der Waals surface area (Å²) in [6, 6.07) is 24.1. The number of hydrogen-bond donors (Lipinski definition) is 1. The number of rotatable bonds is 7. The van der Waals surface area contributed by atoms with Crippen molar-refractivity contribution in [2.24, 2.45) is 0 Å². The van der Waals surface area contributed by atoms with E-state index in [1.54, 1.807) is 30.3 Å². The molecule has 4 rings (SSSR count). The summed E-state index contributed by atoms with van der Waals surface area (Å²) in [4.78, 5) is 27.9. The first kappa shape index (κ1) is 21.1. The highest BCUT2D eigenvalue weighted by Crippen LogP contribution is 2.44. The number of nitrogens with zero attached hydrogens (tertiary/aromatic N) is 1. The van der Waals surface area contributed by atoms with Gasteiger partial charge in [-0.15, -0.1) is 0 Å². The summed E-state index contributed by atoms with van der Waals surface area (Å²) < 4.78 is 10.8. The molecule has 160 valence electrons. The van der Waals surface area contributed by atoms with Crippen LogP contribution in [0.2, 0.25) is 0 Å². The minimum atomic E-state index is -0.657. The number of alkyl carbamates (subject to hydrolysis) is 1. The molecular weight excluding hydrogens is 404 g/mol. The van der Waals surface area contributed by atoms with Gasteiger partial charge in [-0.05, 0) is 34.4 Å². The highest BCUT2D eigenvalue weighted by molar-refractivity contribution is 5.89. The third-order valence-electron chi connectivity index (χ3n) is 5.40. The second-order valence-corrected chi connectivity index (χ2v) is 7.47. The molecule has 0 saturated carbocycles. The first-order chi connectivity index (χ1) is 15.7. The molecule has 0 heterocycles. The second kappa shape index (κ2) is 9.80. The van der Waals surface area contributed by atoms with Crippen LogP contribution in [0.1, 0.15) is 27.4 Å². The molecular formula is C26H22N2O4. The van der Waals surface area contributed by atoms with Gasteiger partial charge in [0.2, 0.25) is 6.54 Å². The molecule has 1 atom stereocenters. The van der Waals surface area contributed by atoms with E-state index < -0.39 is 18.1 Å². The molecule has 1 aliphatic rings. The Morgan fingerprint density at radius 1 is 0.875 bits per heavy atom. The maximum Gasteiger partial charge on any atom is 0.407 e. The molecule has 1 N–H and O–H groups in total. The van der Waals surface area contributed by atoms with E-state index in [1.165, 1.54) is 0 Å². The van der Waals surface area contributed by atoms with Crippen molar-refractivity contribution in [1.29, 1.82) is 0 Å². The molecule has 6 heteroatoms. The monoisotopic (exact) mass is 426 g/mol. The molecule has 3 aromatic carbocycles. The highest BCUT2D eigenvalue weighted by atomic mass is 16.6. The predicted octanol–water partition coefficient (Wildman–Crippen LogP) is 4.67. The Kier molecular flexibility index (Phi) is 6.47. The predicted molar refractivity (Wildman–Crippen MR) is 120 cm³/mol. The zero-order chi connectivity index (χ0) is 22.3. The van der Waals surface area contributed by atoms with Crippen molar-refractivity contribution < 1.29 is 19.1 Å². The molecule has 1 amide bonds. The van der Waals surface area contributed by atoms with Gasteiger partial charge >= 0.3 is 12.1 Å². The van der Waals surface area contributed by atoms with Gasteiger partial charge in [-0.2, -0.15) is 0 Å². The fourth-order valence-electron chi connectivity index (χ4n) is 3.89. The Bertz CT molecular complexity index is 1110. The van der Waals surface area contributed by atoms with Gasteiger partial charge in [0, 0.05) is 5.92 Å². The van der Waals surface area contributed by atoms with Crippen LogP contribution in [0.5, 0.6) is 0 Å². The fraction of sp³-hybridized carbons (Fsp3) is 0.192. The number of hydrogen-bond acceptors (Lipinski definition) is 4. The summed E-state index contributed by atoms with van der Waals surface area (Å²) in [7, 11) is 0. The standard InChI is InChI=1S/C26H22N2O4/c1-27-15-19(16-31-25(29)18-9-3-2-4-10-18)28-26(30)32-17-24-22-13-7-5-11-20(22)21-12-6-8-14-23(21)24/h2-14,19,24H,15-17H2,(H,28,30)/t19-/m1/s1. The third kappa shape index (κ3) is 4.62. The number of fused-ring (bicyclic) bond motifs is 3. The van der Waals surface area contributed by atoms with Crippen molar-refractivity contribution in [1.82, 2.24) is 5.32 Å². The van der Waals surface area contributed by atoms with Crippen molar-refractivity contribution in [3.8, 4) is 11.1 Å². The number of nitrogens with one attached hydrogen (secondary N) is 1. The fourth-order valence-corrected chi connectivity index (χ4v) is 3.89. The zero-order valence-corrected chi connectivity index (χ0v) is 17.4. The number of benzene rings is 3. The van der Waals surface area contributed by atoms with Gasteiger partial charge in [-0.3, -0.25) is 0 Å². The van der Waals surface area contributed by atoms with Crippen LogP contribution in [0.25, 0.3) is 16.0 Å². The van der Waals surface area contributed by atoms with Gasteiger partial charge in [-0.25, -0.2) is 16.2 Å². The van der Waals surface area contributed by atoms with Gasteiger partial charge < -0.3 is 19.6 Å². The lowest BCUT2D eigenvalue weighted by Gasteiger charge is -2.17. The van der Waals surface area contributed by atoms with E-state index >= 15 is 0 Å². The van der Waals surface area contributed by atoms with Crippen molar-refractivity contribution in [2.75, 3.05) is 19.8 Å². The smallest absolute Gasteiger partial charge is 0.407 e. The van der Waals surface area contributed by atoms with Crippen molar-refractivity contribution >= 4 is 12.1 Å². The molecule has 0 aromatic heterocycles. The van der Waals surface area contributed by atoms with Crippen LogP contribution in [-0.2, 0) is 9.47 Å². The molecule has 0 unspecified atom stereocenters. The number of carbonyl (C=O) groups excluding carboxylic acids is 2. The van der Waals surface area contributed by atoms with E-state index in [0.717, 1.165) is 22.3 Å². The van der Waals surface area contributed by atoms with Crippen LogP contribution in [0.3, 0.4) is 0 Å². The van der Waals surface area contributed by atoms with Crippen molar-refractivity contribution in [3.05, 3.63) is 107 Å². The van der Waals surface area contributed by atoms with E-state index in [0.29, 0.717) is 5.56 Å². The SMILES string of the molecule is [C-]#[N+]C[C@H](COC(=O)c1ccccc1)NC(=O)OCC1c2ccccc2-c2ccccc21. The third-order valence-corrected chi connectivity index (χ3v) is 5.40. The molecule has 0 fully saturated rings. The molecule has 3 aromatic rings. The number of amides is 1. The largest absolute Gasteiger partial charge is 0.460 e. The van der Waals surface area contributed by atoms with Gasteiger partial charge in [0.1, 0.15) is 19.3 Å². The normalized spacial score (nSPS) is 12.7.